The molecule has 2 aromatic heterocycles. The van der Waals surface area contributed by atoms with Crippen LogP contribution < -0.4 is 9.47 Å². The number of fused-ring (bicyclic) bond motifs is 1. The predicted octanol–water partition coefficient (Wildman–Crippen LogP) is 3.07. The first kappa shape index (κ1) is 15.2. The number of rotatable bonds is 4. The first-order valence-corrected chi connectivity index (χ1v) is 7.32. The second kappa shape index (κ2) is 5.83. The maximum atomic E-state index is 5.71. The molecule has 0 saturated carbocycles. The van der Waals surface area contributed by atoms with Crippen molar-refractivity contribution >= 4 is 11.0 Å². The highest BCUT2D eigenvalue weighted by Gasteiger charge is 2.15. The zero-order valence-corrected chi connectivity index (χ0v) is 13.6. The summed E-state index contributed by atoms with van der Waals surface area (Å²) in [5, 5.41) is 8.43. The maximum Gasteiger partial charge on any atom is 0.241 e. The van der Waals surface area contributed by atoms with E-state index >= 15 is 0 Å². The Bertz CT molecular complexity index is 823. The standard InChI is InChI=1S/C16H19N5O2/c1-16(2,3)10-21-13-6-5-11(7-12(13)19-20-21)23-15-9-17-8-14(18-15)22-4/h5-9H,10H2,1-4H3. The lowest BCUT2D eigenvalue weighted by atomic mass is 9.97. The van der Waals surface area contributed by atoms with Gasteiger partial charge in [-0.2, -0.15) is 4.98 Å². The van der Waals surface area contributed by atoms with Crippen LogP contribution in [-0.4, -0.2) is 32.1 Å². The SMILES string of the molecule is COc1cncc(Oc2ccc3c(c2)nnn3CC(C)(C)C)n1. The van der Waals surface area contributed by atoms with Crippen LogP contribution in [0.3, 0.4) is 0 Å². The highest BCUT2D eigenvalue weighted by Crippen LogP contribution is 2.25. The summed E-state index contributed by atoms with van der Waals surface area (Å²) in [5.41, 5.74) is 1.89. The second-order valence-electron chi connectivity index (χ2n) is 6.46. The minimum atomic E-state index is 0.131. The molecular weight excluding hydrogens is 294 g/mol. The minimum Gasteiger partial charge on any atom is -0.480 e. The fourth-order valence-electron chi connectivity index (χ4n) is 2.18. The highest BCUT2D eigenvalue weighted by atomic mass is 16.5. The van der Waals surface area contributed by atoms with E-state index in [2.05, 4.69) is 41.1 Å². The fraction of sp³-hybridized carbons (Fsp3) is 0.375. The topological polar surface area (TPSA) is 75.0 Å². The van der Waals surface area contributed by atoms with Gasteiger partial charge in [0.15, 0.2) is 0 Å². The average molecular weight is 313 g/mol. The third kappa shape index (κ3) is 3.56. The van der Waals surface area contributed by atoms with Crippen molar-refractivity contribution < 1.29 is 9.47 Å². The van der Waals surface area contributed by atoms with Crippen molar-refractivity contribution in [2.45, 2.75) is 27.3 Å². The molecule has 0 N–H and O–H groups in total. The fourth-order valence-corrected chi connectivity index (χ4v) is 2.18. The van der Waals surface area contributed by atoms with E-state index in [0.29, 0.717) is 17.5 Å². The molecule has 7 heteroatoms. The van der Waals surface area contributed by atoms with Gasteiger partial charge in [-0.15, -0.1) is 5.10 Å². The Balaban J connectivity index is 1.86. The van der Waals surface area contributed by atoms with Crippen LogP contribution in [0.1, 0.15) is 20.8 Å². The lowest BCUT2D eigenvalue weighted by molar-refractivity contribution is 0.327. The summed E-state index contributed by atoms with van der Waals surface area (Å²) in [5.74, 6) is 1.40. The summed E-state index contributed by atoms with van der Waals surface area (Å²) in [6.07, 6.45) is 3.05. The number of benzene rings is 1. The zero-order valence-electron chi connectivity index (χ0n) is 13.6. The third-order valence-corrected chi connectivity index (χ3v) is 3.13. The number of hydrogen-bond donors (Lipinski definition) is 0. The van der Waals surface area contributed by atoms with E-state index in [9.17, 15) is 0 Å². The summed E-state index contributed by atoms with van der Waals surface area (Å²) in [6.45, 7) is 7.30. The number of hydrogen-bond acceptors (Lipinski definition) is 6. The van der Waals surface area contributed by atoms with Crippen LogP contribution in [-0.2, 0) is 6.54 Å². The lowest BCUT2D eigenvalue weighted by Crippen LogP contribution is -2.16. The second-order valence-corrected chi connectivity index (χ2v) is 6.46. The van der Waals surface area contributed by atoms with Crippen LogP contribution in [0.5, 0.6) is 17.5 Å². The van der Waals surface area contributed by atoms with Gasteiger partial charge in [0.25, 0.3) is 0 Å². The molecule has 0 bridgehead atoms. The summed E-state index contributed by atoms with van der Waals surface area (Å²) >= 11 is 0. The molecule has 0 amide bonds. The van der Waals surface area contributed by atoms with Crippen molar-refractivity contribution in [1.29, 1.82) is 0 Å². The van der Waals surface area contributed by atoms with Crippen LogP contribution in [0.15, 0.2) is 30.6 Å². The van der Waals surface area contributed by atoms with Gasteiger partial charge in [0, 0.05) is 12.6 Å². The molecule has 120 valence electrons. The first-order chi connectivity index (χ1) is 10.9. The Morgan fingerprint density at radius 1 is 1.13 bits per heavy atom. The van der Waals surface area contributed by atoms with E-state index in [-0.39, 0.29) is 5.41 Å². The van der Waals surface area contributed by atoms with E-state index in [0.717, 1.165) is 17.6 Å². The first-order valence-electron chi connectivity index (χ1n) is 7.32. The Morgan fingerprint density at radius 3 is 2.65 bits per heavy atom. The van der Waals surface area contributed by atoms with Crippen LogP contribution in [0.2, 0.25) is 0 Å². The average Bonchev–Trinajstić information content (AvgIpc) is 2.88. The Hall–Kier alpha value is -2.70. The Labute approximate surface area is 134 Å². The molecule has 7 nitrogen and oxygen atoms in total. The van der Waals surface area contributed by atoms with E-state index in [4.69, 9.17) is 9.47 Å². The molecule has 0 radical (unpaired) electrons. The third-order valence-electron chi connectivity index (χ3n) is 3.13. The largest absolute Gasteiger partial charge is 0.480 e. The van der Waals surface area contributed by atoms with Gasteiger partial charge >= 0.3 is 0 Å². The Kier molecular flexibility index (Phi) is 3.85. The Morgan fingerprint density at radius 2 is 1.91 bits per heavy atom. The molecule has 0 aliphatic heterocycles. The van der Waals surface area contributed by atoms with Gasteiger partial charge in [-0.05, 0) is 17.5 Å². The van der Waals surface area contributed by atoms with E-state index < -0.39 is 0 Å². The molecule has 0 fully saturated rings. The zero-order chi connectivity index (χ0) is 16.4. The molecule has 2 heterocycles. The molecule has 1 aromatic carbocycles. The molecule has 3 aromatic rings. The van der Waals surface area contributed by atoms with Gasteiger partial charge in [0.1, 0.15) is 11.3 Å². The van der Waals surface area contributed by atoms with Crippen LogP contribution in [0.25, 0.3) is 11.0 Å². The van der Waals surface area contributed by atoms with Gasteiger partial charge in [-0.1, -0.05) is 26.0 Å². The molecule has 23 heavy (non-hydrogen) atoms. The quantitative estimate of drug-likeness (QED) is 0.737. The lowest BCUT2D eigenvalue weighted by Gasteiger charge is -2.17. The van der Waals surface area contributed by atoms with Crippen molar-refractivity contribution in [1.82, 2.24) is 25.0 Å². The smallest absolute Gasteiger partial charge is 0.241 e. The van der Waals surface area contributed by atoms with Gasteiger partial charge in [-0.25, -0.2) is 4.68 Å². The molecule has 0 atom stereocenters. The molecule has 0 aliphatic rings. The van der Waals surface area contributed by atoms with Gasteiger partial charge in [0.05, 0.1) is 25.0 Å². The maximum absolute atomic E-state index is 5.71. The van der Waals surface area contributed by atoms with E-state index in [1.54, 1.807) is 0 Å². The summed E-state index contributed by atoms with van der Waals surface area (Å²) < 4.78 is 12.6. The summed E-state index contributed by atoms with van der Waals surface area (Å²) in [4.78, 5) is 8.19. The van der Waals surface area contributed by atoms with E-state index in [1.165, 1.54) is 19.5 Å². The summed E-state index contributed by atoms with van der Waals surface area (Å²) in [7, 11) is 1.54. The van der Waals surface area contributed by atoms with E-state index in [1.807, 2.05) is 22.9 Å². The van der Waals surface area contributed by atoms with Crippen molar-refractivity contribution in [2.75, 3.05) is 7.11 Å². The molecule has 3 rings (SSSR count). The number of nitrogens with zero attached hydrogens (tertiary/aromatic N) is 5. The molecule has 0 saturated heterocycles. The van der Waals surface area contributed by atoms with Crippen LogP contribution >= 0.6 is 0 Å². The number of ether oxygens (including phenoxy) is 2. The molecule has 0 spiro atoms. The van der Waals surface area contributed by atoms with Gasteiger partial charge in [-0.3, -0.25) is 4.98 Å². The molecule has 0 aliphatic carbocycles. The van der Waals surface area contributed by atoms with Crippen molar-refractivity contribution in [3.63, 3.8) is 0 Å². The van der Waals surface area contributed by atoms with Crippen LogP contribution in [0, 0.1) is 5.41 Å². The van der Waals surface area contributed by atoms with Crippen LogP contribution in [0.4, 0.5) is 0 Å². The molecule has 0 unspecified atom stereocenters. The van der Waals surface area contributed by atoms with Crippen molar-refractivity contribution in [2.24, 2.45) is 5.41 Å². The van der Waals surface area contributed by atoms with Crippen molar-refractivity contribution in [3.05, 3.63) is 30.6 Å². The number of aromatic nitrogens is 5. The predicted molar refractivity (Wildman–Crippen MR) is 85.6 cm³/mol. The summed E-state index contributed by atoms with van der Waals surface area (Å²) in [6, 6.07) is 5.65. The highest BCUT2D eigenvalue weighted by molar-refractivity contribution is 5.76. The van der Waals surface area contributed by atoms with Gasteiger partial charge in [0.2, 0.25) is 11.8 Å². The normalized spacial score (nSPS) is 11.7. The molecular formula is C16H19N5O2. The monoisotopic (exact) mass is 313 g/mol. The number of methoxy groups -OCH3 is 1. The minimum absolute atomic E-state index is 0.131. The van der Waals surface area contributed by atoms with Crippen molar-refractivity contribution in [3.8, 4) is 17.5 Å². The van der Waals surface area contributed by atoms with Gasteiger partial charge < -0.3 is 9.47 Å².